The molecule has 0 saturated heterocycles. The second-order valence-corrected chi connectivity index (χ2v) is 6.53. The number of hydrogen-bond acceptors (Lipinski definition) is 2. The highest BCUT2D eigenvalue weighted by atomic mass is 16.4. The predicted octanol–water partition coefficient (Wildman–Crippen LogP) is 5.33. The van der Waals surface area contributed by atoms with E-state index in [-0.39, 0.29) is 0 Å². The molecule has 0 aromatic heterocycles. The highest BCUT2D eigenvalue weighted by Gasteiger charge is 2.23. The third kappa shape index (κ3) is 5.04. The van der Waals surface area contributed by atoms with Crippen LogP contribution in [0.2, 0.25) is 0 Å². The molecule has 0 heterocycles. The molecule has 1 aromatic rings. The van der Waals surface area contributed by atoms with Gasteiger partial charge in [0, 0.05) is 11.7 Å². The van der Waals surface area contributed by atoms with Crippen molar-refractivity contribution in [2.75, 3.05) is 5.32 Å². The Kier molecular flexibility index (Phi) is 6.75. The summed E-state index contributed by atoms with van der Waals surface area (Å²) in [6.07, 6.45) is 11.8. The minimum Gasteiger partial charge on any atom is -0.478 e. The average molecular weight is 303 g/mol. The molecular weight excluding hydrogens is 274 g/mol. The quantitative estimate of drug-likeness (QED) is 0.638. The molecule has 1 saturated carbocycles. The first kappa shape index (κ1) is 16.9. The van der Waals surface area contributed by atoms with Gasteiger partial charge in [-0.1, -0.05) is 45.4 Å². The zero-order valence-electron chi connectivity index (χ0n) is 13.7. The van der Waals surface area contributed by atoms with Crippen molar-refractivity contribution >= 4 is 11.7 Å². The van der Waals surface area contributed by atoms with Gasteiger partial charge in [-0.25, -0.2) is 4.79 Å². The van der Waals surface area contributed by atoms with Crippen LogP contribution in [-0.4, -0.2) is 17.1 Å². The topological polar surface area (TPSA) is 49.3 Å². The number of anilines is 1. The monoisotopic (exact) mass is 303 g/mol. The predicted molar refractivity (Wildman–Crippen MR) is 91.5 cm³/mol. The van der Waals surface area contributed by atoms with Crippen molar-refractivity contribution in [1.82, 2.24) is 0 Å². The number of carbonyl (C=O) groups is 1. The van der Waals surface area contributed by atoms with Gasteiger partial charge in [0.2, 0.25) is 0 Å². The van der Waals surface area contributed by atoms with Crippen molar-refractivity contribution in [3.8, 4) is 0 Å². The molecule has 1 aromatic carbocycles. The van der Waals surface area contributed by atoms with Crippen LogP contribution in [0.5, 0.6) is 0 Å². The maximum Gasteiger partial charge on any atom is 0.335 e. The van der Waals surface area contributed by atoms with Crippen LogP contribution in [0.3, 0.4) is 0 Å². The van der Waals surface area contributed by atoms with Gasteiger partial charge in [-0.3, -0.25) is 0 Å². The SMILES string of the molecule is CCCCCC(Nc1ccc(C(=O)O)cc1)C1CCCCC1. The van der Waals surface area contributed by atoms with Crippen molar-refractivity contribution in [2.45, 2.75) is 70.8 Å². The van der Waals surface area contributed by atoms with Gasteiger partial charge in [0.05, 0.1) is 5.56 Å². The van der Waals surface area contributed by atoms with Gasteiger partial charge in [0.25, 0.3) is 0 Å². The normalized spacial score (nSPS) is 17.1. The van der Waals surface area contributed by atoms with Gasteiger partial charge in [-0.15, -0.1) is 0 Å². The zero-order chi connectivity index (χ0) is 15.8. The third-order valence-corrected chi connectivity index (χ3v) is 4.82. The molecule has 0 spiro atoms. The molecule has 1 fully saturated rings. The summed E-state index contributed by atoms with van der Waals surface area (Å²) in [6.45, 7) is 2.24. The van der Waals surface area contributed by atoms with Gasteiger partial charge >= 0.3 is 5.97 Å². The molecule has 1 unspecified atom stereocenters. The van der Waals surface area contributed by atoms with E-state index in [1.165, 1.54) is 57.8 Å². The first-order valence-corrected chi connectivity index (χ1v) is 8.80. The standard InChI is InChI=1S/C19H29NO2/c1-2-3-5-10-18(15-8-6-4-7-9-15)20-17-13-11-16(12-14-17)19(21)22/h11-15,18,20H,2-10H2,1H3,(H,21,22). The summed E-state index contributed by atoms with van der Waals surface area (Å²) in [5, 5.41) is 12.7. The van der Waals surface area contributed by atoms with E-state index >= 15 is 0 Å². The third-order valence-electron chi connectivity index (χ3n) is 4.82. The fourth-order valence-corrected chi connectivity index (χ4v) is 3.50. The number of rotatable bonds is 8. The Morgan fingerprint density at radius 1 is 1.18 bits per heavy atom. The van der Waals surface area contributed by atoms with E-state index in [9.17, 15) is 4.79 Å². The summed E-state index contributed by atoms with van der Waals surface area (Å²) in [5.41, 5.74) is 1.41. The largest absolute Gasteiger partial charge is 0.478 e. The summed E-state index contributed by atoms with van der Waals surface area (Å²) >= 11 is 0. The second kappa shape index (κ2) is 8.82. The molecule has 3 nitrogen and oxygen atoms in total. The molecular formula is C19H29NO2. The molecule has 122 valence electrons. The molecule has 1 atom stereocenters. The molecule has 0 bridgehead atoms. The summed E-state index contributed by atoms with van der Waals surface area (Å²) in [5.74, 6) is -0.0944. The molecule has 0 amide bonds. The number of carboxylic acids is 1. The fourth-order valence-electron chi connectivity index (χ4n) is 3.50. The van der Waals surface area contributed by atoms with Crippen molar-refractivity contribution in [2.24, 2.45) is 5.92 Å². The molecule has 1 aliphatic rings. The Morgan fingerprint density at radius 2 is 1.86 bits per heavy atom. The minimum absolute atomic E-state index is 0.353. The highest BCUT2D eigenvalue weighted by Crippen LogP contribution is 2.30. The van der Waals surface area contributed by atoms with Crippen molar-refractivity contribution in [3.63, 3.8) is 0 Å². The lowest BCUT2D eigenvalue weighted by Crippen LogP contribution is -2.30. The lowest BCUT2D eigenvalue weighted by molar-refractivity contribution is 0.0697. The molecule has 2 rings (SSSR count). The van der Waals surface area contributed by atoms with Crippen LogP contribution in [0.4, 0.5) is 5.69 Å². The Balaban J connectivity index is 1.98. The molecule has 22 heavy (non-hydrogen) atoms. The molecule has 3 heteroatoms. The summed E-state index contributed by atoms with van der Waals surface area (Å²) in [7, 11) is 0. The second-order valence-electron chi connectivity index (χ2n) is 6.53. The van der Waals surface area contributed by atoms with Gasteiger partial charge in [0.1, 0.15) is 0 Å². The van der Waals surface area contributed by atoms with E-state index in [1.807, 2.05) is 12.1 Å². The molecule has 0 aliphatic heterocycles. The Labute approximate surface area is 134 Å². The summed E-state index contributed by atoms with van der Waals surface area (Å²) in [6, 6.07) is 7.71. The van der Waals surface area contributed by atoms with Gasteiger partial charge in [0.15, 0.2) is 0 Å². The van der Waals surface area contributed by atoms with Crippen LogP contribution in [0.25, 0.3) is 0 Å². The number of aromatic carboxylic acids is 1. The number of carboxylic acid groups (broad SMARTS) is 1. The van der Waals surface area contributed by atoms with Crippen molar-refractivity contribution in [3.05, 3.63) is 29.8 Å². The van der Waals surface area contributed by atoms with E-state index < -0.39 is 5.97 Å². The fraction of sp³-hybridized carbons (Fsp3) is 0.632. The molecule has 2 N–H and O–H groups in total. The summed E-state index contributed by atoms with van der Waals surface area (Å²) in [4.78, 5) is 10.9. The van der Waals surface area contributed by atoms with Gasteiger partial charge in [-0.2, -0.15) is 0 Å². The van der Waals surface area contributed by atoms with Crippen LogP contribution >= 0.6 is 0 Å². The minimum atomic E-state index is -0.863. The Morgan fingerprint density at radius 3 is 2.45 bits per heavy atom. The average Bonchev–Trinajstić information content (AvgIpc) is 2.55. The van der Waals surface area contributed by atoms with E-state index in [1.54, 1.807) is 12.1 Å². The number of benzene rings is 1. The Bertz CT molecular complexity index is 449. The maximum absolute atomic E-state index is 10.9. The van der Waals surface area contributed by atoms with Crippen molar-refractivity contribution < 1.29 is 9.90 Å². The number of unbranched alkanes of at least 4 members (excludes halogenated alkanes) is 2. The van der Waals surface area contributed by atoms with Crippen LogP contribution in [-0.2, 0) is 0 Å². The zero-order valence-corrected chi connectivity index (χ0v) is 13.7. The van der Waals surface area contributed by atoms with E-state index in [0.29, 0.717) is 11.6 Å². The number of nitrogens with one attached hydrogen (secondary N) is 1. The van der Waals surface area contributed by atoms with Gasteiger partial charge < -0.3 is 10.4 Å². The van der Waals surface area contributed by atoms with E-state index in [0.717, 1.165) is 11.6 Å². The van der Waals surface area contributed by atoms with Crippen LogP contribution < -0.4 is 5.32 Å². The lowest BCUT2D eigenvalue weighted by atomic mass is 9.82. The van der Waals surface area contributed by atoms with Crippen LogP contribution in [0.1, 0.15) is 75.1 Å². The lowest BCUT2D eigenvalue weighted by Gasteiger charge is -2.32. The van der Waals surface area contributed by atoms with E-state index in [2.05, 4.69) is 12.2 Å². The maximum atomic E-state index is 10.9. The van der Waals surface area contributed by atoms with Gasteiger partial charge in [-0.05, 0) is 49.4 Å². The highest BCUT2D eigenvalue weighted by molar-refractivity contribution is 5.88. The smallest absolute Gasteiger partial charge is 0.335 e. The number of hydrogen-bond donors (Lipinski definition) is 2. The van der Waals surface area contributed by atoms with Crippen LogP contribution in [0, 0.1) is 5.92 Å². The summed E-state index contributed by atoms with van der Waals surface area (Å²) < 4.78 is 0. The first-order valence-electron chi connectivity index (χ1n) is 8.80. The molecule has 0 radical (unpaired) electrons. The first-order chi connectivity index (χ1) is 10.7. The Hall–Kier alpha value is -1.51. The van der Waals surface area contributed by atoms with E-state index in [4.69, 9.17) is 5.11 Å². The molecule has 1 aliphatic carbocycles. The van der Waals surface area contributed by atoms with Crippen molar-refractivity contribution in [1.29, 1.82) is 0 Å². The van der Waals surface area contributed by atoms with Crippen LogP contribution in [0.15, 0.2) is 24.3 Å².